The Labute approximate surface area is 121 Å². The van der Waals surface area contributed by atoms with Gasteiger partial charge in [0, 0.05) is 5.39 Å². The van der Waals surface area contributed by atoms with Gasteiger partial charge in [0.1, 0.15) is 11.3 Å². The topological polar surface area (TPSA) is 59.4 Å². The van der Waals surface area contributed by atoms with E-state index in [0.29, 0.717) is 17.7 Å². The van der Waals surface area contributed by atoms with Crippen molar-refractivity contribution in [2.45, 2.75) is 6.10 Å². The third-order valence-electron chi connectivity index (χ3n) is 3.28. The Morgan fingerprint density at radius 3 is 2.57 bits per heavy atom. The number of benzene rings is 2. The Balaban J connectivity index is 2.11. The van der Waals surface area contributed by atoms with Crippen LogP contribution in [0.1, 0.15) is 17.4 Å². The number of carbonyl (C=O) groups is 1. The number of carbonyl (C=O) groups excluding carboxylic acids is 1. The molecule has 1 N–H and O–H groups in total. The third-order valence-corrected chi connectivity index (χ3v) is 3.28. The lowest BCUT2D eigenvalue weighted by Gasteiger charge is -2.15. The molecule has 0 amide bonds. The first-order valence-corrected chi connectivity index (χ1v) is 6.52. The molecule has 4 nitrogen and oxygen atoms in total. The van der Waals surface area contributed by atoms with Crippen molar-refractivity contribution >= 4 is 17.4 Å². The molecule has 104 valence electrons. The number of nitrogens with zero attached hydrogens (tertiary/aromatic N) is 1. The van der Waals surface area contributed by atoms with Crippen molar-refractivity contribution < 1.29 is 14.6 Å². The van der Waals surface area contributed by atoms with E-state index >= 15 is 0 Å². The highest BCUT2D eigenvalue weighted by Gasteiger charge is 2.17. The summed E-state index contributed by atoms with van der Waals surface area (Å²) in [5, 5.41) is 10.7. The third kappa shape index (κ3) is 2.56. The lowest BCUT2D eigenvalue weighted by atomic mass is 10.0. The first-order valence-electron chi connectivity index (χ1n) is 6.52. The van der Waals surface area contributed by atoms with Crippen LogP contribution in [-0.4, -0.2) is 16.6 Å². The SMILES string of the molecule is O=COC(c1ccccc1)c1ccc2cccc(O)c2n1. The van der Waals surface area contributed by atoms with Crippen LogP contribution in [0.4, 0.5) is 0 Å². The molecular formula is C17H13NO3. The highest BCUT2D eigenvalue weighted by atomic mass is 16.5. The van der Waals surface area contributed by atoms with Gasteiger partial charge in [-0.15, -0.1) is 0 Å². The van der Waals surface area contributed by atoms with Crippen molar-refractivity contribution in [2.75, 3.05) is 0 Å². The molecule has 3 rings (SSSR count). The fourth-order valence-electron chi connectivity index (χ4n) is 2.29. The van der Waals surface area contributed by atoms with Gasteiger partial charge in [-0.3, -0.25) is 4.79 Å². The molecule has 0 saturated carbocycles. The van der Waals surface area contributed by atoms with Gasteiger partial charge in [0.25, 0.3) is 6.47 Å². The summed E-state index contributed by atoms with van der Waals surface area (Å²) in [6.45, 7) is 0.411. The van der Waals surface area contributed by atoms with Crippen molar-refractivity contribution in [3.63, 3.8) is 0 Å². The van der Waals surface area contributed by atoms with E-state index in [2.05, 4.69) is 4.98 Å². The Kier molecular flexibility index (Phi) is 3.51. The number of rotatable bonds is 4. The molecule has 1 aromatic heterocycles. The predicted molar refractivity (Wildman–Crippen MR) is 78.8 cm³/mol. The van der Waals surface area contributed by atoms with E-state index in [9.17, 15) is 9.90 Å². The highest BCUT2D eigenvalue weighted by Crippen LogP contribution is 2.28. The van der Waals surface area contributed by atoms with Crippen LogP contribution in [0.25, 0.3) is 10.9 Å². The minimum Gasteiger partial charge on any atom is -0.506 e. The number of phenols is 1. The number of aromatic nitrogens is 1. The average molecular weight is 279 g/mol. The van der Waals surface area contributed by atoms with E-state index in [1.54, 1.807) is 18.2 Å². The van der Waals surface area contributed by atoms with Crippen molar-refractivity contribution in [1.82, 2.24) is 4.98 Å². The smallest absolute Gasteiger partial charge is 0.294 e. The zero-order valence-corrected chi connectivity index (χ0v) is 11.1. The zero-order valence-electron chi connectivity index (χ0n) is 11.1. The molecule has 1 atom stereocenters. The molecule has 0 aliphatic rings. The summed E-state index contributed by atoms with van der Waals surface area (Å²) < 4.78 is 5.18. The molecule has 21 heavy (non-hydrogen) atoms. The van der Waals surface area contributed by atoms with Gasteiger partial charge < -0.3 is 9.84 Å². The Hall–Kier alpha value is -2.88. The normalized spacial score (nSPS) is 12.0. The molecule has 3 aromatic rings. The highest BCUT2D eigenvalue weighted by molar-refractivity contribution is 5.84. The Morgan fingerprint density at radius 1 is 1.00 bits per heavy atom. The number of ether oxygens (including phenoxy) is 1. The molecular weight excluding hydrogens is 266 g/mol. The van der Waals surface area contributed by atoms with Crippen molar-refractivity contribution in [3.8, 4) is 5.75 Å². The molecule has 0 bridgehead atoms. The van der Waals surface area contributed by atoms with Crippen LogP contribution in [0.3, 0.4) is 0 Å². The largest absolute Gasteiger partial charge is 0.506 e. The molecule has 4 heteroatoms. The standard InChI is InChI=1S/C17H13NO3/c19-11-21-17(13-5-2-1-3-6-13)14-10-9-12-7-4-8-15(20)16(12)18-14/h1-11,17,20H. The first-order chi connectivity index (χ1) is 10.3. The number of phenolic OH excluding ortho intramolecular Hbond substituents is 1. The lowest BCUT2D eigenvalue weighted by Crippen LogP contribution is -2.07. The lowest BCUT2D eigenvalue weighted by molar-refractivity contribution is -0.132. The van der Waals surface area contributed by atoms with Crippen LogP contribution in [-0.2, 0) is 9.53 Å². The van der Waals surface area contributed by atoms with E-state index < -0.39 is 6.10 Å². The molecule has 2 aromatic carbocycles. The van der Waals surface area contributed by atoms with E-state index in [-0.39, 0.29) is 5.75 Å². The second-order valence-corrected chi connectivity index (χ2v) is 4.61. The predicted octanol–water partition coefficient (Wildman–Crippen LogP) is 3.20. The summed E-state index contributed by atoms with van der Waals surface area (Å²) >= 11 is 0. The summed E-state index contributed by atoms with van der Waals surface area (Å²) in [5.74, 6) is 0.104. The summed E-state index contributed by atoms with van der Waals surface area (Å²) in [6, 6.07) is 18.2. The number of aromatic hydroxyl groups is 1. The Morgan fingerprint density at radius 2 is 1.81 bits per heavy atom. The van der Waals surface area contributed by atoms with Gasteiger partial charge in [-0.2, -0.15) is 0 Å². The quantitative estimate of drug-likeness (QED) is 0.745. The van der Waals surface area contributed by atoms with Crippen molar-refractivity contribution in [2.24, 2.45) is 0 Å². The van der Waals surface area contributed by atoms with Crippen LogP contribution in [0.5, 0.6) is 5.75 Å². The summed E-state index contributed by atoms with van der Waals surface area (Å²) in [5.41, 5.74) is 1.89. The molecule has 0 saturated heterocycles. The van der Waals surface area contributed by atoms with Crippen LogP contribution in [0.2, 0.25) is 0 Å². The monoisotopic (exact) mass is 279 g/mol. The molecule has 0 aliphatic carbocycles. The minimum atomic E-state index is -0.590. The van der Waals surface area contributed by atoms with Crippen LogP contribution < -0.4 is 0 Å². The average Bonchev–Trinajstić information content (AvgIpc) is 2.54. The van der Waals surface area contributed by atoms with Gasteiger partial charge in [-0.05, 0) is 17.7 Å². The fraction of sp³-hybridized carbons (Fsp3) is 0.0588. The molecule has 0 aliphatic heterocycles. The number of pyridine rings is 1. The van der Waals surface area contributed by atoms with Crippen molar-refractivity contribution in [1.29, 1.82) is 0 Å². The Bertz CT molecular complexity index is 771. The van der Waals surface area contributed by atoms with Gasteiger partial charge in [0.05, 0.1) is 5.69 Å². The van der Waals surface area contributed by atoms with Gasteiger partial charge in [-0.25, -0.2) is 4.98 Å². The number of hydrogen-bond donors (Lipinski definition) is 1. The second kappa shape index (κ2) is 5.63. The van der Waals surface area contributed by atoms with E-state index in [1.165, 1.54) is 0 Å². The van der Waals surface area contributed by atoms with Crippen LogP contribution in [0, 0.1) is 0 Å². The second-order valence-electron chi connectivity index (χ2n) is 4.61. The van der Waals surface area contributed by atoms with E-state index in [0.717, 1.165) is 10.9 Å². The molecule has 0 fully saturated rings. The van der Waals surface area contributed by atoms with Gasteiger partial charge in [0.15, 0.2) is 6.10 Å². The van der Waals surface area contributed by atoms with E-state index in [1.807, 2.05) is 42.5 Å². The van der Waals surface area contributed by atoms with Crippen LogP contribution in [0.15, 0.2) is 60.7 Å². The first kappa shape index (κ1) is 13.1. The van der Waals surface area contributed by atoms with E-state index in [4.69, 9.17) is 4.74 Å². The van der Waals surface area contributed by atoms with Gasteiger partial charge >= 0.3 is 0 Å². The van der Waals surface area contributed by atoms with Crippen molar-refractivity contribution in [3.05, 3.63) is 71.9 Å². The van der Waals surface area contributed by atoms with Gasteiger partial charge in [0.2, 0.25) is 0 Å². The minimum absolute atomic E-state index is 0.104. The van der Waals surface area contributed by atoms with Crippen LogP contribution >= 0.6 is 0 Å². The summed E-state index contributed by atoms with van der Waals surface area (Å²) in [4.78, 5) is 15.2. The van der Waals surface area contributed by atoms with Gasteiger partial charge in [-0.1, -0.05) is 48.5 Å². The fourth-order valence-corrected chi connectivity index (χ4v) is 2.29. The maximum Gasteiger partial charge on any atom is 0.294 e. The molecule has 0 radical (unpaired) electrons. The zero-order chi connectivity index (χ0) is 14.7. The number of hydrogen-bond acceptors (Lipinski definition) is 4. The molecule has 0 spiro atoms. The summed E-state index contributed by atoms with van der Waals surface area (Å²) in [7, 11) is 0. The number of para-hydroxylation sites is 1. The summed E-state index contributed by atoms with van der Waals surface area (Å²) in [6.07, 6.45) is -0.590. The molecule has 1 heterocycles. The number of fused-ring (bicyclic) bond motifs is 1. The molecule has 1 unspecified atom stereocenters. The maximum atomic E-state index is 10.8. The maximum absolute atomic E-state index is 10.8.